The molecule has 0 unspecified atom stereocenters. The first-order valence-electron chi connectivity index (χ1n) is 4.87. The van der Waals surface area contributed by atoms with Crippen molar-refractivity contribution in [3.8, 4) is 0 Å². The average molecular weight is 193 g/mol. The van der Waals surface area contributed by atoms with E-state index in [1.54, 1.807) is 6.07 Å². The minimum atomic E-state index is -0.522. The predicted molar refractivity (Wildman–Crippen MR) is 55.9 cm³/mol. The van der Waals surface area contributed by atoms with Crippen LogP contribution in [-0.2, 0) is 0 Å². The topological polar surface area (TPSA) is 71.2 Å². The van der Waals surface area contributed by atoms with Crippen LogP contribution in [0.3, 0.4) is 0 Å². The second-order valence-electron chi connectivity index (χ2n) is 3.88. The number of nitrogens with two attached hydrogens (primary N) is 1. The van der Waals surface area contributed by atoms with Crippen LogP contribution in [0.2, 0.25) is 0 Å². The second kappa shape index (κ2) is 3.46. The lowest BCUT2D eigenvalue weighted by atomic mass is 9.80. The molecule has 0 aliphatic heterocycles. The number of anilines is 2. The zero-order valence-electron chi connectivity index (χ0n) is 8.03. The van der Waals surface area contributed by atoms with Crippen molar-refractivity contribution in [2.45, 2.75) is 24.9 Å². The van der Waals surface area contributed by atoms with Gasteiger partial charge in [0.25, 0.3) is 0 Å². The summed E-state index contributed by atoms with van der Waals surface area (Å²) in [7, 11) is 0. The molecular formula is C10H15N3O. The Kier molecular flexibility index (Phi) is 2.29. The Morgan fingerprint density at radius 2 is 2.29 bits per heavy atom. The largest absolute Gasteiger partial charge is 0.388 e. The normalized spacial score (nSPS) is 18.6. The van der Waals surface area contributed by atoms with Crippen molar-refractivity contribution in [3.63, 3.8) is 0 Å². The molecule has 4 N–H and O–H groups in total. The molecule has 0 aromatic carbocycles. The summed E-state index contributed by atoms with van der Waals surface area (Å²) in [5.74, 6) is 1.22. The van der Waals surface area contributed by atoms with E-state index in [-0.39, 0.29) is 0 Å². The van der Waals surface area contributed by atoms with Crippen LogP contribution >= 0.6 is 0 Å². The van der Waals surface area contributed by atoms with Gasteiger partial charge in [0.05, 0.1) is 5.60 Å². The van der Waals surface area contributed by atoms with Crippen LogP contribution in [0.4, 0.5) is 11.6 Å². The quantitative estimate of drug-likeness (QED) is 0.669. The van der Waals surface area contributed by atoms with Crippen molar-refractivity contribution in [2.24, 2.45) is 0 Å². The van der Waals surface area contributed by atoms with E-state index in [0.717, 1.165) is 25.1 Å². The molecule has 1 aromatic rings. The molecular weight excluding hydrogens is 178 g/mol. The Labute approximate surface area is 83.2 Å². The molecule has 0 bridgehead atoms. The molecule has 0 amide bonds. The fraction of sp³-hybridized carbons (Fsp3) is 0.500. The van der Waals surface area contributed by atoms with Crippen molar-refractivity contribution in [2.75, 3.05) is 17.6 Å². The Morgan fingerprint density at radius 1 is 1.50 bits per heavy atom. The molecule has 76 valence electrons. The molecule has 0 spiro atoms. The maximum Gasteiger partial charge on any atom is 0.128 e. The summed E-state index contributed by atoms with van der Waals surface area (Å²) in [6.45, 7) is 0.559. The predicted octanol–water partition coefficient (Wildman–Crippen LogP) is 0.991. The third-order valence-electron chi connectivity index (χ3n) is 2.65. The van der Waals surface area contributed by atoms with Crippen LogP contribution in [0.1, 0.15) is 19.3 Å². The first-order chi connectivity index (χ1) is 6.68. The van der Waals surface area contributed by atoms with E-state index in [1.807, 2.05) is 12.1 Å². The highest BCUT2D eigenvalue weighted by atomic mass is 16.3. The molecule has 1 saturated carbocycles. The van der Waals surface area contributed by atoms with E-state index in [4.69, 9.17) is 5.73 Å². The monoisotopic (exact) mass is 193 g/mol. The number of nitrogens with one attached hydrogen (secondary N) is 1. The molecule has 1 fully saturated rings. The number of aromatic nitrogens is 1. The highest BCUT2D eigenvalue weighted by Crippen LogP contribution is 2.31. The molecule has 1 heterocycles. The summed E-state index contributed by atoms with van der Waals surface area (Å²) in [5.41, 5.74) is 5.01. The Balaban J connectivity index is 1.91. The third kappa shape index (κ3) is 1.96. The number of nitrogens with zero attached hydrogens (tertiary/aromatic N) is 1. The number of pyridine rings is 1. The summed E-state index contributed by atoms with van der Waals surface area (Å²) >= 11 is 0. The lowest BCUT2D eigenvalue weighted by molar-refractivity contribution is -0.0202. The van der Waals surface area contributed by atoms with Gasteiger partial charge in [0, 0.05) is 6.54 Å². The molecule has 0 atom stereocenters. The van der Waals surface area contributed by atoms with Gasteiger partial charge in [-0.3, -0.25) is 0 Å². The number of rotatable bonds is 3. The van der Waals surface area contributed by atoms with Gasteiger partial charge >= 0.3 is 0 Å². The van der Waals surface area contributed by atoms with Crippen LogP contribution in [-0.4, -0.2) is 22.2 Å². The summed E-state index contributed by atoms with van der Waals surface area (Å²) in [6.07, 6.45) is 2.87. The second-order valence-corrected chi connectivity index (χ2v) is 3.88. The van der Waals surface area contributed by atoms with Gasteiger partial charge in [0.2, 0.25) is 0 Å². The first kappa shape index (κ1) is 9.27. The molecule has 1 aromatic heterocycles. The molecule has 4 nitrogen and oxygen atoms in total. The van der Waals surface area contributed by atoms with Gasteiger partial charge in [0.15, 0.2) is 0 Å². The minimum Gasteiger partial charge on any atom is -0.388 e. The molecule has 0 radical (unpaired) electrons. The SMILES string of the molecule is Nc1cccc(NCC2(O)CCC2)n1. The zero-order chi connectivity index (χ0) is 10.0. The van der Waals surface area contributed by atoms with Crippen molar-refractivity contribution >= 4 is 11.6 Å². The standard InChI is InChI=1S/C10H15N3O/c11-8-3-1-4-9(13-8)12-7-10(14)5-2-6-10/h1,3-4,14H,2,5-7H2,(H3,11,12,13). The molecule has 1 aliphatic carbocycles. The van der Waals surface area contributed by atoms with Gasteiger partial charge in [0.1, 0.15) is 11.6 Å². The van der Waals surface area contributed by atoms with E-state index in [0.29, 0.717) is 12.4 Å². The zero-order valence-corrected chi connectivity index (χ0v) is 8.03. The van der Waals surface area contributed by atoms with Crippen LogP contribution in [0.15, 0.2) is 18.2 Å². The van der Waals surface area contributed by atoms with Crippen LogP contribution < -0.4 is 11.1 Å². The minimum absolute atomic E-state index is 0.496. The van der Waals surface area contributed by atoms with E-state index in [9.17, 15) is 5.11 Å². The fourth-order valence-corrected chi connectivity index (χ4v) is 1.57. The summed E-state index contributed by atoms with van der Waals surface area (Å²) in [6, 6.07) is 5.43. The first-order valence-corrected chi connectivity index (χ1v) is 4.87. The molecule has 0 saturated heterocycles. The van der Waals surface area contributed by atoms with Gasteiger partial charge < -0.3 is 16.2 Å². The van der Waals surface area contributed by atoms with Crippen molar-refractivity contribution < 1.29 is 5.11 Å². The number of nitrogen functional groups attached to an aromatic ring is 1. The summed E-state index contributed by atoms with van der Waals surface area (Å²) in [4.78, 5) is 4.09. The molecule has 14 heavy (non-hydrogen) atoms. The van der Waals surface area contributed by atoms with E-state index >= 15 is 0 Å². The van der Waals surface area contributed by atoms with E-state index in [2.05, 4.69) is 10.3 Å². The average Bonchev–Trinajstić information content (AvgIpc) is 2.12. The van der Waals surface area contributed by atoms with Crippen molar-refractivity contribution in [3.05, 3.63) is 18.2 Å². The lowest BCUT2D eigenvalue weighted by Crippen LogP contribution is -2.43. The number of hydrogen-bond donors (Lipinski definition) is 3. The maximum atomic E-state index is 9.82. The highest BCUT2D eigenvalue weighted by Gasteiger charge is 2.33. The molecule has 1 aliphatic rings. The smallest absolute Gasteiger partial charge is 0.128 e. The Morgan fingerprint density at radius 3 is 2.86 bits per heavy atom. The van der Waals surface area contributed by atoms with Crippen molar-refractivity contribution in [1.82, 2.24) is 4.98 Å². The third-order valence-corrected chi connectivity index (χ3v) is 2.65. The van der Waals surface area contributed by atoms with Gasteiger partial charge in [-0.1, -0.05) is 6.07 Å². The summed E-state index contributed by atoms with van der Waals surface area (Å²) in [5, 5.41) is 12.9. The Bertz CT molecular complexity index is 323. The van der Waals surface area contributed by atoms with E-state index < -0.39 is 5.60 Å². The van der Waals surface area contributed by atoms with Gasteiger partial charge in [-0.25, -0.2) is 4.98 Å². The van der Waals surface area contributed by atoms with Gasteiger partial charge in [-0.05, 0) is 31.4 Å². The fourth-order valence-electron chi connectivity index (χ4n) is 1.57. The Hall–Kier alpha value is -1.29. The lowest BCUT2D eigenvalue weighted by Gasteiger charge is -2.36. The van der Waals surface area contributed by atoms with E-state index in [1.165, 1.54) is 0 Å². The van der Waals surface area contributed by atoms with Crippen LogP contribution in [0.5, 0.6) is 0 Å². The van der Waals surface area contributed by atoms with Crippen molar-refractivity contribution in [1.29, 1.82) is 0 Å². The maximum absolute atomic E-state index is 9.82. The van der Waals surface area contributed by atoms with Gasteiger partial charge in [-0.2, -0.15) is 0 Å². The highest BCUT2D eigenvalue weighted by molar-refractivity contribution is 5.42. The summed E-state index contributed by atoms with van der Waals surface area (Å²) < 4.78 is 0. The molecule has 4 heteroatoms. The van der Waals surface area contributed by atoms with Gasteiger partial charge in [-0.15, -0.1) is 0 Å². The molecule has 2 rings (SSSR count). The number of aliphatic hydroxyl groups is 1. The van der Waals surface area contributed by atoms with Crippen LogP contribution in [0.25, 0.3) is 0 Å². The van der Waals surface area contributed by atoms with Crippen LogP contribution in [0, 0.1) is 0 Å². The number of hydrogen-bond acceptors (Lipinski definition) is 4.